The van der Waals surface area contributed by atoms with Crippen molar-refractivity contribution in [1.29, 1.82) is 0 Å². The smallest absolute Gasteiger partial charge is 0.326 e. The van der Waals surface area contributed by atoms with Gasteiger partial charge < -0.3 is 15.2 Å². The minimum Gasteiger partial charge on any atom is -0.480 e. The highest BCUT2D eigenvalue weighted by Crippen LogP contribution is 2.24. The molecule has 1 aromatic rings. The molecule has 0 aliphatic heterocycles. The number of carbonyl (C=O) groups excluding carboxylic acids is 1. The van der Waals surface area contributed by atoms with Crippen molar-refractivity contribution in [2.24, 2.45) is 5.92 Å². The first-order chi connectivity index (χ1) is 9.86. The van der Waals surface area contributed by atoms with Gasteiger partial charge in [0.15, 0.2) is 6.10 Å². The lowest BCUT2D eigenvalue weighted by Crippen LogP contribution is -2.49. The highest BCUT2D eigenvalue weighted by Gasteiger charge is 2.28. The molecule has 2 unspecified atom stereocenters. The number of carbonyl (C=O) groups is 2. The summed E-state index contributed by atoms with van der Waals surface area (Å²) in [5.74, 6) is -1.34. The number of nitrogens with one attached hydrogen (secondary N) is 1. The third kappa shape index (κ3) is 4.93. The van der Waals surface area contributed by atoms with E-state index in [2.05, 4.69) is 5.32 Å². The summed E-state index contributed by atoms with van der Waals surface area (Å²) in [5.41, 5.74) is 0. The molecule has 0 bridgehead atoms. The van der Waals surface area contributed by atoms with Gasteiger partial charge in [-0.3, -0.25) is 4.79 Å². The second-order valence-electron chi connectivity index (χ2n) is 5.01. The van der Waals surface area contributed by atoms with E-state index in [9.17, 15) is 9.59 Å². The van der Waals surface area contributed by atoms with Crippen LogP contribution in [0.2, 0.25) is 5.02 Å². The number of amides is 1. The van der Waals surface area contributed by atoms with Gasteiger partial charge in [-0.1, -0.05) is 44.5 Å². The van der Waals surface area contributed by atoms with E-state index >= 15 is 0 Å². The number of aliphatic carboxylic acids is 1. The lowest BCUT2D eigenvalue weighted by atomic mass is 10.0. The lowest BCUT2D eigenvalue weighted by molar-refractivity contribution is -0.144. The summed E-state index contributed by atoms with van der Waals surface area (Å²) in [7, 11) is 0. The van der Waals surface area contributed by atoms with E-state index in [1.807, 2.05) is 0 Å². The molecule has 0 fully saturated rings. The van der Waals surface area contributed by atoms with Gasteiger partial charge in [0.25, 0.3) is 5.91 Å². The molecule has 0 aliphatic carbocycles. The largest absolute Gasteiger partial charge is 0.480 e. The molecule has 0 saturated heterocycles. The van der Waals surface area contributed by atoms with Gasteiger partial charge in [-0.2, -0.15) is 0 Å². The van der Waals surface area contributed by atoms with Gasteiger partial charge in [0.1, 0.15) is 11.8 Å². The van der Waals surface area contributed by atoms with Crippen molar-refractivity contribution in [2.75, 3.05) is 0 Å². The van der Waals surface area contributed by atoms with Crippen molar-refractivity contribution >= 4 is 23.5 Å². The minimum atomic E-state index is -1.06. The zero-order valence-electron chi connectivity index (χ0n) is 12.3. The Morgan fingerprint density at radius 3 is 2.43 bits per heavy atom. The molecule has 1 rings (SSSR count). The van der Waals surface area contributed by atoms with Crippen LogP contribution in [0.4, 0.5) is 0 Å². The van der Waals surface area contributed by atoms with Crippen molar-refractivity contribution in [3.05, 3.63) is 29.3 Å². The topological polar surface area (TPSA) is 75.6 Å². The lowest BCUT2D eigenvalue weighted by Gasteiger charge is -2.22. The molecule has 2 atom stereocenters. The third-order valence-corrected chi connectivity index (χ3v) is 3.31. The number of hydrogen-bond acceptors (Lipinski definition) is 3. The highest BCUT2D eigenvalue weighted by atomic mass is 35.5. The molecule has 116 valence electrons. The zero-order chi connectivity index (χ0) is 16.0. The number of carboxylic acid groups (broad SMARTS) is 1. The molecule has 0 spiro atoms. The third-order valence-electron chi connectivity index (χ3n) is 3.00. The molecule has 1 amide bonds. The van der Waals surface area contributed by atoms with Gasteiger partial charge in [-0.15, -0.1) is 0 Å². The summed E-state index contributed by atoms with van der Waals surface area (Å²) in [6.45, 7) is 5.25. The van der Waals surface area contributed by atoms with Crippen molar-refractivity contribution in [2.45, 2.75) is 39.3 Å². The van der Waals surface area contributed by atoms with Crippen LogP contribution in [0, 0.1) is 5.92 Å². The molecular formula is C15H20ClNO4. The summed E-state index contributed by atoms with van der Waals surface area (Å²) >= 11 is 5.99. The van der Waals surface area contributed by atoms with Crippen LogP contribution in [0.25, 0.3) is 0 Å². The van der Waals surface area contributed by atoms with Gasteiger partial charge in [0.2, 0.25) is 0 Å². The molecule has 6 heteroatoms. The molecule has 0 heterocycles. The maximum absolute atomic E-state index is 12.2. The summed E-state index contributed by atoms with van der Waals surface area (Å²) in [6, 6.07) is 5.89. The SMILES string of the molecule is CCC(Oc1ccccc1Cl)C(=O)NC(C(=O)O)C(C)C. The normalized spacial score (nSPS) is 13.6. The van der Waals surface area contributed by atoms with Gasteiger partial charge in [0.05, 0.1) is 5.02 Å². The van der Waals surface area contributed by atoms with Crippen LogP contribution in [0.5, 0.6) is 5.75 Å². The Bertz CT molecular complexity index is 504. The van der Waals surface area contributed by atoms with Crippen molar-refractivity contribution in [3.63, 3.8) is 0 Å². The fraction of sp³-hybridized carbons (Fsp3) is 0.467. The minimum absolute atomic E-state index is 0.218. The molecule has 5 nitrogen and oxygen atoms in total. The maximum Gasteiger partial charge on any atom is 0.326 e. The Morgan fingerprint density at radius 1 is 1.33 bits per heavy atom. The standard InChI is InChI=1S/C15H20ClNO4/c1-4-11(21-12-8-6-5-7-10(12)16)14(18)17-13(9(2)3)15(19)20/h5-9,11,13H,4H2,1-3H3,(H,17,18)(H,19,20). The molecule has 0 saturated carbocycles. The van der Waals surface area contributed by atoms with Crippen LogP contribution < -0.4 is 10.1 Å². The molecule has 0 radical (unpaired) electrons. The number of ether oxygens (including phenoxy) is 1. The average Bonchev–Trinajstić information content (AvgIpc) is 2.42. The predicted molar refractivity (Wildman–Crippen MR) is 80.6 cm³/mol. The number of benzene rings is 1. The van der Waals surface area contributed by atoms with Gasteiger partial charge in [0, 0.05) is 0 Å². The number of halogens is 1. The van der Waals surface area contributed by atoms with Crippen molar-refractivity contribution in [3.8, 4) is 5.75 Å². The van der Waals surface area contributed by atoms with E-state index < -0.39 is 24.0 Å². The Labute approximate surface area is 129 Å². The molecular weight excluding hydrogens is 294 g/mol. The first kappa shape index (κ1) is 17.3. The van der Waals surface area contributed by atoms with Crippen molar-refractivity contribution < 1.29 is 19.4 Å². The second-order valence-corrected chi connectivity index (χ2v) is 5.42. The number of rotatable bonds is 7. The van der Waals surface area contributed by atoms with Gasteiger partial charge >= 0.3 is 5.97 Å². The zero-order valence-corrected chi connectivity index (χ0v) is 13.1. The fourth-order valence-corrected chi connectivity index (χ4v) is 1.96. The Morgan fingerprint density at radius 2 is 1.95 bits per heavy atom. The number of para-hydroxylation sites is 1. The van der Waals surface area contributed by atoms with E-state index in [-0.39, 0.29) is 5.92 Å². The van der Waals surface area contributed by atoms with E-state index in [0.29, 0.717) is 17.2 Å². The summed E-state index contributed by atoms with van der Waals surface area (Å²) in [5, 5.41) is 12.0. The van der Waals surface area contributed by atoms with E-state index in [1.165, 1.54) is 0 Å². The van der Waals surface area contributed by atoms with Crippen LogP contribution in [0.1, 0.15) is 27.2 Å². The monoisotopic (exact) mass is 313 g/mol. The highest BCUT2D eigenvalue weighted by molar-refractivity contribution is 6.32. The molecule has 0 aliphatic rings. The second kappa shape index (κ2) is 7.88. The van der Waals surface area contributed by atoms with E-state index in [0.717, 1.165) is 0 Å². The summed E-state index contributed by atoms with van der Waals surface area (Å²) in [6.07, 6.45) is -0.382. The Balaban J connectivity index is 2.78. The van der Waals surface area contributed by atoms with Crippen LogP contribution in [0.15, 0.2) is 24.3 Å². The maximum atomic E-state index is 12.2. The first-order valence-corrected chi connectivity index (χ1v) is 7.19. The van der Waals surface area contributed by atoms with Gasteiger partial charge in [-0.25, -0.2) is 4.79 Å². The van der Waals surface area contributed by atoms with E-state index in [1.54, 1.807) is 45.0 Å². The van der Waals surface area contributed by atoms with Crippen LogP contribution in [-0.2, 0) is 9.59 Å². The molecule has 21 heavy (non-hydrogen) atoms. The first-order valence-electron chi connectivity index (χ1n) is 6.81. The van der Waals surface area contributed by atoms with Crippen LogP contribution >= 0.6 is 11.6 Å². The summed E-state index contributed by atoms with van der Waals surface area (Å²) < 4.78 is 5.58. The predicted octanol–water partition coefficient (Wildman–Crippen LogP) is 2.72. The van der Waals surface area contributed by atoms with Crippen LogP contribution in [-0.4, -0.2) is 29.1 Å². The number of carboxylic acids is 1. The van der Waals surface area contributed by atoms with E-state index in [4.69, 9.17) is 21.4 Å². The van der Waals surface area contributed by atoms with Crippen LogP contribution in [0.3, 0.4) is 0 Å². The van der Waals surface area contributed by atoms with Gasteiger partial charge in [-0.05, 0) is 24.5 Å². The Kier molecular flexibility index (Phi) is 6.49. The number of hydrogen-bond donors (Lipinski definition) is 2. The fourth-order valence-electron chi connectivity index (χ4n) is 1.78. The molecule has 1 aromatic carbocycles. The summed E-state index contributed by atoms with van der Waals surface area (Å²) in [4.78, 5) is 23.3. The average molecular weight is 314 g/mol. The molecule has 0 aromatic heterocycles. The van der Waals surface area contributed by atoms with Crippen molar-refractivity contribution in [1.82, 2.24) is 5.32 Å². The molecule has 2 N–H and O–H groups in total. The Hall–Kier alpha value is -1.75. The quantitative estimate of drug-likeness (QED) is 0.811.